The summed E-state index contributed by atoms with van der Waals surface area (Å²) < 4.78 is 1.47. The predicted molar refractivity (Wildman–Crippen MR) is 93.8 cm³/mol. The van der Waals surface area contributed by atoms with Gasteiger partial charge in [-0.25, -0.2) is 0 Å². The van der Waals surface area contributed by atoms with Gasteiger partial charge in [-0.3, -0.25) is 19.1 Å². The molecule has 1 N–H and O–H groups in total. The fraction of sp³-hybridized carbons (Fsp3) is 0.118. The third-order valence-electron chi connectivity index (χ3n) is 2.88. The third kappa shape index (κ3) is 4.37. The summed E-state index contributed by atoms with van der Waals surface area (Å²) >= 11 is 1.16. The molecule has 118 valence electrons. The van der Waals surface area contributed by atoms with Crippen LogP contribution in [0.4, 0.5) is 5.69 Å². The third-order valence-corrected chi connectivity index (χ3v) is 3.93. The number of hydrogen-bond donors (Lipinski definition) is 1. The van der Waals surface area contributed by atoms with Crippen molar-refractivity contribution in [3.05, 3.63) is 81.7 Å². The highest BCUT2D eigenvalue weighted by atomic mass is 32.1. The number of anilines is 1. The Bertz CT molecular complexity index is 835. The lowest BCUT2D eigenvalue weighted by molar-refractivity contribution is 0.103. The lowest BCUT2D eigenvalue weighted by Gasteiger charge is -2.07. The molecule has 1 aromatic carbocycles. The normalized spacial score (nSPS) is 11.0. The molecule has 0 aliphatic rings. The van der Waals surface area contributed by atoms with E-state index in [0.717, 1.165) is 11.3 Å². The van der Waals surface area contributed by atoms with Crippen molar-refractivity contribution < 1.29 is 4.79 Å². The summed E-state index contributed by atoms with van der Waals surface area (Å²) in [5.41, 5.74) is 0.384. The molecule has 1 heterocycles. The Kier molecular flexibility index (Phi) is 5.82. The zero-order valence-corrected chi connectivity index (χ0v) is 13.4. The minimum atomic E-state index is -0.334. The molecule has 0 saturated heterocycles. The van der Waals surface area contributed by atoms with Crippen LogP contribution >= 0.6 is 11.3 Å². The Morgan fingerprint density at radius 1 is 1.26 bits per heavy atom. The van der Waals surface area contributed by atoms with Crippen molar-refractivity contribution in [3.8, 4) is 0 Å². The number of nitrogens with one attached hydrogen (secondary N) is 1. The van der Waals surface area contributed by atoms with E-state index in [1.165, 1.54) is 10.6 Å². The molecule has 23 heavy (non-hydrogen) atoms. The van der Waals surface area contributed by atoms with Gasteiger partial charge in [-0.15, -0.1) is 13.2 Å². The van der Waals surface area contributed by atoms with Crippen LogP contribution < -0.4 is 15.7 Å². The maximum absolute atomic E-state index is 12.3. The van der Waals surface area contributed by atoms with Gasteiger partial charge in [0.2, 0.25) is 0 Å². The maximum Gasteiger partial charge on any atom is 0.266 e. The highest BCUT2D eigenvalue weighted by molar-refractivity contribution is 7.11. The summed E-state index contributed by atoms with van der Waals surface area (Å²) in [6, 6.07) is 10.4. The number of aromatic nitrogens is 1. The van der Waals surface area contributed by atoms with E-state index in [1.54, 1.807) is 24.3 Å². The predicted octanol–water partition coefficient (Wildman–Crippen LogP) is 2.43. The van der Waals surface area contributed by atoms with Crippen molar-refractivity contribution in [1.82, 2.24) is 4.57 Å². The summed E-state index contributed by atoms with van der Waals surface area (Å²) in [5, 5.41) is 2.76. The van der Waals surface area contributed by atoms with Crippen LogP contribution in [0.25, 0.3) is 0 Å². The first-order chi connectivity index (χ1) is 11.2. The van der Waals surface area contributed by atoms with Gasteiger partial charge in [0.25, 0.3) is 11.5 Å². The van der Waals surface area contributed by atoms with Crippen molar-refractivity contribution in [1.29, 1.82) is 0 Å². The van der Waals surface area contributed by atoms with Crippen LogP contribution in [0, 0.1) is 0 Å². The zero-order valence-electron chi connectivity index (χ0n) is 12.6. The SMILES string of the molecule is C=CCN=c1sc(C(=O)Nc2ccccc2)cc(=O)n1CC=C. The molecule has 0 radical (unpaired) electrons. The first kappa shape index (κ1) is 16.6. The monoisotopic (exact) mass is 327 g/mol. The second-order valence-electron chi connectivity index (χ2n) is 4.58. The Balaban J connectivity index is 2.41. The molecule has 0 bridgehead atoms. The number of carbonyl (C=O) groups excluding carboxylic acids is 1. The largest absolute Gasteiger partial charge is 0.321 e. The molecule has 6 heteroatoms. The smallest absolute Gasteiger partial charge is 0.266 e. The second kappa shape index (κ2) is 8.05. The number of allylic oxidation sites excluding steroid dienone is 1. The van der Waals surface area contributed by atoms with E-state index in [-0.39, 0.29) is 11.5 Å². The molecule has 0 saturated carbocycles. The summed E-state index contributed by atoms with van der Waals surface area (Å²) in [6.45, 7) is 7.96. The van der Waals surface area contributed by atoms with Crippen molar-refractivity contribution >= 4 is 22.9 Å². The van der Waals surface area contributed by atoms with E-state index >= 15 is 0 Å². The van der Waals surface area contributed by atoms with Gasteiger partial charge in [0, 0.05) is 18.3 Å². The van der Waals surface area contributed by atoms with E-state index in [0.29, 0.717) is 28.5 Å². The number of rotatable bonds is 6. The number of para-hydroxylation sites is 1. The summed E-state index contributed by atoms with van der Waals surface area (Å²) in [5.74, 6) is -0.334. The molecule has 2 rings (SSSR count). The van der Waals surface area contributed by atoms with Crippen LogP contribution in [-0.2, 0) is 6.54 Å². The molecular weight excluding hydrogens is 310 g/mol. The Morgan fingerprint density at radius 3 is 2.65 bits per heavy atom. The molecule has 0 spiro atoms. The minimum Gasteiger partial charge on any atom is -0.321 e. The van der Waals surface area contributed by atoms with Crippen LogP contribution in [-0.4, -0.2) is 17.0 Å². The van der Waals surface area contributed by atoms with Crippen LogP contribution in [0.3, 0.4) is 0 Å². The summed E-state index contributed by atoms with van der Waals surface area (Å²) in [7, 11) is 0. The van der Waals surface area contributed by atoms with E-state index in [4.69, 9.17) is 0 Å². The molecular formula is C17H17N3O2S. The molecule has 0 fully saturated rings. The van der Waals surface area contributed by atoms with E-state index in [1.807, 2.05) is 18.2 Å². The average Bonchev–Trinajstić information content (AvgIpc) is 2.56. The van der Waals surface area contributed by atoms with Crippen LogP contribution in [0.15, 0.2) is 71.5 Å². The topological polar surface area (TPSA) is 63.5 Å². The molecule has 0 aliphatic carbocycles. The van der Waals surface area contributed by atoms with Gasteiger partial charge in [0.15, 0.2) is 4.80 Å². The minimum absolute atomic E-state index is 0.287. The maximum atomic E-state index is 12.3. The van der Waals surface area contributed by atoms with E-state index in [2.05, 4.69) is 23.5 Å². The van der Waals surface area contributed by atoms with Crippen molar-refractivity contribution in [2.45, 2.75) is 6.54 Å². The highest BCUT2D eigenvalue weighted by Gasteiger charge is 2.11. The van der Waals surface area contributed by atoms with E-state index in [9.17, 15) is 9.59 Å². The number of benzene rings is 1. The number of carbonyl (C=O) groups is 1. The fourth-order valence-electron chi connectivity index (χ4n) is 1.85. The highest BCUT2D eigenvalue weighted by Crippen LogP contribution is 2.09. The van der Waals surface area contributed by atoms with Gasteiger partial charge in [-0.2, -0.15) is 0 Å². The van der Waals surface area contributed by atoms with Crippen LogP contribution in [0.5, 0.6) is 0 Å². The summed E-state index contributed by atoms with van der Waals surface area (Å²) in [4.78, 5) is 29.6. The number of nitrogens with zero attached hydrogens (tertiary/aromatic N) is 2. The average molecular weight is 327 g/mol. The molecule has 1 aromatic heterocycles. The van der Waals surface area contributed by atoms with Crippen molar-refractivity contribution in [3.63, 3.8) is 0 Å². The second-order valence-corrected chi connectivity index (χ2v) is 5.59. The van der Waals surface area contributed by atoms with Crippen molar-refractivity contribution in [2.24, 2.45) is 4.99 Å². The Morgan fingerprint density at radius 2 is 2.00 bits per heavy atom. The lowest BCUT2D eigenvalue weighted by atomic mass is 10.3. The molecule has 0 aliphatic heterocycles. The number of hydrogen-bond acceptors (Lipinski definition) is 4. The van der Waals surface area contributed by atoms with Crippen LogP contribution in [0.1, 0.15) is 9.67 Å². The first-order valence-corrected chi connectivity index (χ1v) is 7.81. The summed E-state index contributed by atoms with van der Waals surface area (Å²) in [6.07, 6.45) is 3.25. The standard InChI is InChI=1S/C17H17N3O2S/c1-3-10-18-17-20(11-4-2)15(21)12-14(23-17)16(22)19-13-8-6-5-7-9-13/h3-9,12H,1-2,10-11H2,(H,19,22). The quantitative estimate of drug-likeness (QED) is 0.828. The lowest BCUT2D eigenvalue weighted by Crippen LogP contribution is -2.32. The Hall–Kier alpha value is -2.73. The molecule has 2 aromatic rings. The molecule has 5 nitrogen and oxygen atoms in total. The molecule has 1 amide bonds. The van der Waals surface area contributed by atoms with E-state index < -0.39 is 0 Å². The van der Waals surface area contributed by atoms with Crippen LogP contribution in [0.2, 0.25) is 0 Å². The van der Waals surface area contributed by atoms with Gasteiger partial charge in [-0.1, -0.05) is 41.7 Å². The van der Waals surface area contributed by atoms with Gasteiger partial charge in [0.05, 0.1) is 6.54 Å². The Labute approximate surface area is 138 Å². The van der Waals surface area contributed by atoms with Gasteiger partial charge < -0.3 is 5.32 Å². The first-order valence-electron chi connectivity index (χ1n) is 6.99. The molecule has 0 unspecified atom stereocenters. The fourth-order valence-corrected chi connectivity index (χ4v) is 2.76. The van der Waals surface area contributed by atoms with Crippen molar-refractivity contribution in [2.75, 3.05) is 11.9 Å². The van der Waals surface area contributed by atoms with Gasteiger partial charge >= 0.3 is 0 Å². The molecule has 0 atom stereocenters. The zero-order chi connectivity index (χ0) is 16.7. The van der Waals surface area contributed by atoms with Gasteiger partial charge in [0.1, 0.15) is 4.88 Å². The number of amides is 1. The van der Waals surface area contributed by atoms with Gasteiger partial charge in [-0.05, 0) is 12.1 Å².